The number of hydrogen-bond donors (Lipinski definition) is 1. The zero-order valence-electron chi connectivity index (χ0n) is 15.3. The van der Waals surface area contributed by atoms with Crippen LogP contribution in [0.5, 0.6) is 5.75 Å². The van der Waals surface area contributed by atoms with E-state index in [2.05, 4.69) is 15.3 Å². The molecule has 0 spiro atoms. The predicted octanol–water partition coefficient (Wildman–Crippen LogP) is 4.60. The minimum atomic E-state index is -0.142. The number of nitrogens with one attached hydrogen (secondary N) is 1. The number of amides is 1. The Morgan fingerprint density at radius 3 is 2.69 bits per heavy atom. The van der Waals surface area contributed by atoms with E-state index in [9.17, 15) is 4.79 Å². The molecular weight excluding hydrogens is 346 g/mol. The minimum absolute atomic E-state index is 0.142. The Morgan fingerprint density at radius 2 is 1.96 bits per heavy atom. The number of carbonyl (C=O) groups is 1. The number of benzene rings is 1. The molecule has 0 saturated heterocycles. The van der Waals surface area contributed by atoms with Crippen molar-refractivity contribution in [2.45, 2.75) is 34.3 Å². The van der Waals surface area contributed by atoms with Crippen LogP contribution >= 0.6 is 11.3 Å². The van der Waals surface area contributed by atoms with Crippen LogP contribution in [0.2, 0.25) is 0 Å². The number of thiazole rings is 1. The molecule has 2 aromatic heterocycles. The van der Waals surface area contributed by atoms with Gasteiger partial charge in [0, 0.05) is 11.4 Å². The second-order valence-corrected chi connectivity index (χ2v) is 7.30. The molecule has 0 atom stereocenters. The predicted molar refractivity (Wildman–Crippen MR) is 104 cm³/mol. The molecule has 0 aliphatic rings. The maximum absolute atomic E-state index is 12.6. The number of hydrogen-bond acceptors (Lipinski definition) is 5. The van der Waals surface area contributed by atoms with E-state index >= 15 is 0 Å². The first-order valence-corrected chi connectivity index (χ1v) is 9.14. The lowest BCUT2D eigenvalue weighted by molar-refractivity contribution is 0.102. The van der Waals surface area contributed by atoms with E-state index in [1.807, 2.05) is 58.0 Å². The SMILES string of the molecule is Cc1ccc(C)c(NC(=O)c2sc(COc3ccc(C)nc3)nc2C)c1. The van der Waals surface area contributed by atoms with Gasteiger partial charge in [0.05, 0.1) is 11.9 Å². The van der Waals surface area contributed by atoms with Gasteiger partial charge in [0.25, 0.3) is 5.91 Å². The minimum Gasteiger partial charge on any atom is -0.485 e. The zero-order valence-corrected chi connectivity index (χ0v) is 16.1. The van der Waals surface area contributed by atoms with E-state index in [-0.39, 0.29) is 5.91 Å². The molecule has 6 heteroatoms. The average molecular weight is 367 g/mol. The van der Waals surface area contributed by atoms with Crippen LogP contribution in [0, 0.1) is 27.7 Å². The summed E-state index contributed by atoms with van der Waals surface area (Å²) in [6, 6.07) is 9.76. The summed E-state index contributed by atoms with van der Waals surface area (Å²) in [5.74, 6) is 0.543. The van der Waals surface area contributed by atoms with Crippen LogP contribution in [0.4, 0.5) is 5.69 Å². The Morgan fingerprint density at radius 1 is 1.15 bits per heavy atom. The Bertz CT molecular complexity index is 933. The number of aryl methyl sites for hydroxylation is 4. The third-order valence-electron chi connectivity index (χ3n) is 3.93. The highest BCUT2D eigenvalue weighted by atomic mass is 32.1. The number of pyridine rings is 1. The Balaban J connectivity index is 1.69. The third kappa shape index (κ3) is 4.26. The second-order valence-electron chi connectivity index (χ2n) is 6.22. The highest BCUT2D eigenvalue weighted by molar-refractivity contribution is 7.13. The fourth-order valence-corrected chi connectivity index (χ4v) is 3.33. The summed E-state index contributed by atoms with van der Waals surface area (Å²) in [6.45, 7) is 8.05. The summed E-state index contributed by atoms with van der Waals surface area (Å²) < 4.78 is 5.70. The number of ether oxygens (including phenoxy) is 1. The smallest absolute Gasteiger partial charge is 0.267 e. The molecule has 3 aromatic rings. The van der Waals surface area contributed by atoms with Crippen LogP contribution < -0.4 is 10.1 Å². The number of carbonyl (C=O) groups excluding carboxylic acids is 1. The molecule has 0 bridgehead atoms. The summed E-state index contributed by atoms with van der Waals surface area (Å²) in [5.41, 5.74) is 4.60. The number of nitrogens with zero attached hydrogens (tertiary/aromatic N) is 2. The van der Waals surface area contributed by atoms with Crippen molar-refractivity contribution >= 4 is 22.9 Å². The number of rotatable bonds is 5. The first-order valence-electron chi connectivity index (χ1n) is 8.33. The first kappa shape index (κ1) is 18.1. The summed E-state index contributed by atoms with van der Waals surface area (Å²) in [6.07, 6.45) is 1.68. The monoisotopic (exact) mass is 367 g/mol. The van der Waals surface area contributed by atoms with Crippen molar-refractivity contribution in [1.82, 2.24) is 9.97 Å². The highest BCUT2D eigenvalue weighted by Gasteiger charge is 2.16. The lowest BCUT2D eigenvalue weighted by Gasteiger charge is -2.08. The Kier molecular flexibility index (Phi) is 5.32. The van der Waals surface area contributed by atoms with Gasteiger partial charge in [0.15, 0.2) is 0 Å². The summed E-state index contributed by atoms with van der Waals surface area (Å²) in [4.78, 5) is 21.9. The highest BCUT2D eigenvalue weighted by Crippen LogP contribution is 2.23. The molecule has 0 radical (unpaired) electrons. The topological polar surface area (TPSA) is 64.1 Å². The van der Waals surface area contributed by atoms with Crippen LogP contribution in [-0.4, -0.2) is 15.9 Å². The largest absolute Gasteiger partial charge is 0.485 e. The molecule has 0 fully saturated rings. The molecule has 1 aromatic carbocycles. The fraction of sp³-hybridized carbons (Fsp3) is 0.250. The van der Waals surface area contributed by atoms with Gasteiger partial charge in [0.2, 0.25) is 0 Å². The van der Waals surface area contributed by atoms with Gasteiger partial charge < -0.3 is 10.1 Å². The molecule has 0 saturated carbocycles. The molecular formula is C20H21N3O2S. The van der Waals surface area contributed by atoms with E-state index in [0.29, 0.717) is 22.9 Å². The molecule has 0 unspecified atom stereocenters. The van der Waals surface area contributed by atoms with Gasteiger partial charge in [-0.3, -0.25) is 9.78 Å². The van der Waals surface area contributed by atoms with Gasteiger partial charge in [-0.1, -0.05) is 12.1 Å². The molecule has 2 heterocycles. The molecule has 26 heavy (non-hydrogen) atoms. The van der Waals surface area contributed by atoms with Crippen molar-refractivity contribution in [3.8, 4) is 5.75 Å². The molecule has 1 amide bonds. The van der Waals surface area contributed by atoms with Gasteiger partial charge in [-0.05, 0) is 57.0 Å². The lowest BCUT2D eigenvalue weighted by atomic mass is 10.1. The third-order valence-corrected chi connectivity index (χ3v) is 5.06. The summed E-state index contributed by atoms with van der Waals surface area (Å²) in [7, 11) is 0. The van der Waals surface area contributed by atoms with Crippen LogP contribution in [0.1, 0.15) is 37.2 Å². The second kappa shape index (κ2) is 7.66. The maximum Gasteiger partial charge on any atom is 0.267 e. The van der Waals surface area contributed by atoms with Crippen LogP contribution in [0.3, 0.4) is 0 Å². The Hall–Kier alpha value is -2.73. The van der Waals surface area contributed by atoms with E-state index in [1.54, 1.807) is 6.20 Å². The summed E-state index contributed by atoms with van der Waals surface area (Å²) in [5, 5.41) is 3.74. The zero-order chi connectivity index (χ0) is 18.7. The van der Waals surface area contributed by atoms with Gasteiger partial charge in [-0.2, -0.15) is 0 Å². The van der Waals surface area contributed by atoms with Crippen molar-refractivity contribution in [3.05, 3.63) is 68.9 Å². The Labute approximate surface area is 157 Å². The van der Waals surface area contributed by atoms with Crippen molar-refractivity contribution in [2.24, 2.45) is 0 Å². The number of anilines is 1. The fourth-order valence-electron chi connectivity index (χ4n) is 2.46. The normalized spacial score (nSPS) is 10.6. The van der Waals surface area contributed by atoms with Crippen molar-refractivity contribution in [3.63, 3.8) is 0 Å². The molecule has 5 nitrogen and oxygen atoms in total. The van der Waals surface area contributed by atoms with Gasteiger partial charge >= 0.3 is 0 Å². The van der Waals surface area contributed by atoms with E-state index in [0.717, 1.165) is 27.5 Å². The van der Waals surface area contributed by atoms with E-state index < -0.39 is 0 Å². The van der Waals surface area contributed by atoms with Crippen LogP contribution in [-0.2, 0) is 6.61 Å². The van der Waals surface area contributed by atoms with E-state index in [1.165, 1.54) is 11.3 Å². The molecule has 0 aliphatic heterocycles. The van der Waals surface area contributed by atoms with E-state index in [4.69, 9.17) is 4.74 Å². The lowest BCUT2D eigenvalue weighted by Crippen LogP contribution is -2.12. The standard InChI is InChI=1S/C20H21N3O2S/c1-12-5-6-13(2)17(9-12)23-20(24)19-15(4)22-18(26-19)11-25-16-8-7-14(3)21-10-16/h5-10H,11H2,1-4H3,(H,23,24). The number of aromatic nitrogens is 2. The molecule has 1 N–H and O–H groups in total. The molecule has 3 rings (SSSR count). The average Bonchev–Trinajstić information content (AvgIpc) is 2.98. The quantitative estimate of drug-likeness (QED) is 0.716. The van der Waals surface area contributed by atoms with Gasteiger partial charge in [-0.25, -0.2) is 4.98 Å². The van der Waals surface area contributed by atoms with Gasteiger partial charge in [0.1, 0.15) is 22.2 Å². The first-order chi connectivity index (χ1) is 12.4. The van der Waals surface area contributed by atoms with Gasteiger partial charge in [-0.15, -0.1) is 11.3 Å². The molecule has 0 aliphatic carbocycles. The maximum atomic E-state index is 12.6. The van der Waals surface area contributed by atoms with Crippen molar-refractivity contribution in [2.75, 3.05) is 5.32 Å². The van der Waals surface area contributed by atoms with Crippen molar-refractivity contribution < 1.29 is 9.53 Å². The van der Waals surface area contributed by atoms with Crippen molar-refractivity contribution in [1.29, 1.82) is 0 Å². The van der Waals surface area contributed by atoms with Crippen LogP contribution in [0.25, 0.3) is 0 Å². The molecule has 134 valence electrons. The van der Waals surface area contributed by atoms with Crippen LogP contribution in [0.15, 0.2) is 36.5 Å². The summed E-state index contributed by atoms with van der Waals surface area (Å²) >= 11 is 1.35.